The van der Waals surface area contributed by atoms with Crippen LogP contribution in [0, 0.1) is 12.7 Å². The van der Waals surface area contributed by atoms with Gasteiger partial charge in [0.15, 0.2) is 5.65 Å². The van der Waals surface area contributed by atoms with Crippen LogP contribution < -0.4 is 4.74 Å². The summed E-state index contributed by atoms with van der Waals surface area (Å²) < 4.78 is 22.1. The lowest BCUT2D eigenvalue weighted by Crippen LogP contribution is -1.96. The highest BCUT2D eigenvalue weighted by Gasteiger charge is 2.16. The molecule has 0 aliphatic carbocycles. The molecule has 5 nitrogen and oxygen atoms in total. The zero-order valence-corrected chi connectivity index (χ0v) is 15.4. The van der Waals surface area contributed by atoms with E-state index in [1.165, 1.54) is 6.07 Å². The Morgan fingerprint density at radius 3 is 2.74 bits per heavy atom. The number of methoxy groups -OCH3 is 1. The lowest BCUT2D eigenvalue weighted by Gasteiger charge is -2.13. The predicted molar refractivity (Wildman–Crippen MR) is 103 cm³/mol. The molecule has 0 radical (unpaired) electrons. The molecule has 0 bridgehead atoms. The molecule has 0 aliphatic rings. The summed E-state index contributed by atoms with van der Waals surface area (Å²) in [7, 11) is 1.60. The highest BCUT2D eigenvalue weighted by atomic mass is 19.1. The smallest absolute Gasteiger partial charge is 0.183 e. The molecule has 4 rings (SSSR count). The van der Waals surface area contributed by atoms with Crippen LogP contribution in [0.3, 0.4) is 0 Å². The van der Waals surface area contributed by atoms with Crippen molar-refractivity contribution >= 4 is 11.2 Å². The zero-order chi connectivity index (χ0) is 19.0. The van der Waals surface area contributed by atoms with Crippen molar-refractivity contribution in [1.29, 1.82) is 0 Å². The van der Waals surface area contributed by atoms with E-state index in [0.29, 0.717) is 22.5 Å². The average Bonchev–Trinajstić information content (AvgIpc) is 3.11. The first-order valence-electron chi connectivity index (χ1n) is 8.74. The molecule has 2 aromatic heterocycles. The first-order chi connectivity index (χ1) is 13.1. The zero-order valence-electron chi connectivity index (χ0n) is 15.4. The third kappa shape index (κ3) is 2.83. The molecule has 0 fully saturated rings. The Labute approximate surface area is 156 Å². The Hall–Kier alpha value is -3.28. The number of aryl methyl sites for hydroxylation is 2. The minimum Gasteiger partial charge on any atom is -0.496 e. The van der Waals surface area contributed by atoms with Crippen molar-refractivity contribution in [3.05, 3.63) is 60.3 Å². The minimum absolute atomic E-state index is 0.306. The number of rotatable bonds is 4. The number of halogens is 1. The number of hydrogen-bond donors (Lipinski definition) is 0. The summed E-state index contributed by atoms with van der Waals surface area (Å²) in [6, 6.07) is 10.7. The predicted octanol–water partition coefficient (Wildman–Crippen LogP) is 4.64. The van der Waals surface area contributed by atoms with Crippen LogP contribution in [0.5, 0.6) is 5.75 Å². The van der Waals surface area contributed by atoms with Gasteiger partial charge in [0.25, 0.3) is 0 Å². The van der Waals surface area contributed by atoms with Crippen LogP contribution in [0.15, 0.2) is 48.9 Å². The second-order valence-electron chi connectivity index (χ2n) is 6.31. The van der Waals surface area contributed by atoms with Gasteiger partial charge in [-0.3, -0.25) is 0 Å². The van der Waals surface area contributed by atoms with Crippen LogP contribution in [0.1, 0.15) is 12.5 Å². The molecule has 0 saturated carbocycles. The fraction of sp³-hybridized carbons (Fsp3) is 0.190. The Kier molecular flexibility index (Phi) is 4.32. The van der Waals surface area contributed by atoms with Crippen molar-refractivity contribution in [3.8, 4) is 28.0 Å². The number of ether oxygens (including phenoxy) is 1. The van der Waals surface area contributed by atoms with Gasteiger partial charge in [0.1, 0.15) is 17.1 Å². The SMILES string of the molecule is CCn1cnc2c(-c3ccc(F)c(-c4cccc(C)c4OC)c3)cnnc21. The summed E-state index contributed by atoms with van der Waals surface area (Å²) in [5, 5.41) is 8.31. The van der Waals surface area contributed by atoms with Gasteiger partial charge in [-0.15, -0.1) is 5.10 Å². The third-order valence-corrected chi connectivity index (χ3v) is 4.73. The number of nitrogens with zero attached hydrogens (tertiary/aromatic N) is 4. The van der Waals surface area contributed by atoms with Crippen LogP contribution in [-0.2, 0) is 6.54 Å². The van der Waals surface area contributed by atoms with Crippen LogP contribution in [0.25, 0.3) is 33.4 Å². The van der Waals surface area contributed by atoms with Gasteiger partial charge in [-0.25, -0.2) is 9.37 Å². The van der Waals surface area contributed by atoms with E-state index in [9.17, 15) is 4.39 Å². The second kappa shape index (κ2) is 6.79. The van der Waals surface area contributed by atoms with Gasteiger partial charge >= 0.3 is 0 Å². The van der Waals surface area contributed by atoms with E-state index in [0.717, 1.165) is 28.8 Å². The molecule has 0 unspecified atom stereocenters. The molecule has 2 aromatic carbocycles. The molecule has 2 heterocycles. The Bertz CT molecular complexity index is 1140. The quantitative estimate of drug-likeness (QED) is 0.531. The number of para-hydroxylation sites is 1. The number of fused-ring (bicyclic) bond motifs is 1. The third-order valence-electron chi connectivity index (χ3n) is 4.73. The van der Waals surface area contributed by atoms with Gasteiger partial charge in [0, 0.05) is 23.2 Å². The molecule has 0 amide bonds. The molecule has 136 valence electrons. The summed E-state index contributed by atoms with van der Waals surface area (Å²) in [4.78, 5) is 4.48. The largest absolute Gasteiger partial charge is 0.496 e. The van der Waals surface area contributed by atoms with Crippen molar-refractivity contribution < 1.29 is 9.13 Å². The molecule has 0 aliphatic heterocycles. The van der Waals surface area contributed by atoms with E-state index < -0.39 is 0 Å². The molecule has 0 spiro atoms. The standard InChI is InChI=1S/C21H19FN4O/c1-4-26-12-23-19-17(11-24-25-21(19)26)14-8-9-18(22)16(10-14)15-7-5-6-13(2)20(15)27-3/h5-12H,4H2,1-3H3. The van der Waals surface area contributed by atoms with E-state index >= 15 is 0 Å². The van der Waals surface area contributed by atoms with E-state index in [1.54, 1.807) is 25.7 Å². The lowest BCUT2D eigenvalue weighted by molar-refractivity contribution is 0.413. The minimum atomic E-state index is -0.306. The average molecular weight is 362 g/mol. The van der Waals surface area contributed by atoms with Gasteiger partial charge < -0.3 is 9.30 Å². The summed E-state index contributed by atoms with van der Waals surface area (Å²) in [5.74, 6) is 0.363. The fourth-order valence-corrected chi connectivity index (χ4v) is 3.35. The second-order valence-corrected chi connectivity index (χ2v) is 6.31. The van der Waals surface area contributed by atoms with Crippen LogP contribution in [0.4, 0.5) is 4.39 Å². The van der Waals surface area contributed by atoms with Gasteiger partial charge in [-0.1, -0.05) is 24.3 Å². The Morgan fingerprint density at radius 1 is 1.11 bits per heavy atom. The van der Waals surface area contributed by atoms with E-state index in [-0.39, 0.29) is 5.82 Å². The van der Waals surface area contributed by atoms with Crippen LogP contribution in [0.2, 0.25) is 0 Å². The van der Waals surface area contributed by atoms with Crippen molar-refractivity contribution in [2.45, 2.75) is 20.4 Å². The van der Waals surface area contributed by atoms with Gasteiger partial charge in [0.05, 0.1) is 19.6 Å². The molecule has 27 heavy (non-hydrogen) atoms. The lowest BCUT2D eigenvalue weighted by atomic mass is 9.97. The highest BCUT2D eigenvalue weighted by Crippen LogP contribution is 2.37. The summed E-state index contributed by atoms with van der Waals surface area (Å²) in [6.45, 7) is 4.72. The molecule has 0 N–H and O–H groups in total. The van der Waals surface area contributed by atoms with Crippen molar-refractivity contribution in [2.24, 2.45) is 0 Å². The van der Waals surface area contributed by atoms with E-state index in [2.05, 4.69) is 15.2 Å². The van der Waals surface area contributed by atoms with Crippen molar-refractivity contribution in [2.75, 3.05) is 7.11 Å². The van der Waals surface area contributed by atoms with Crippen LogP contribution in [-0.4, -0.2) is 26.9 Å². The summed E-state index contributed by atoms with van der Waals surface area (Å²) in [6.07, 6.45) is 3.41. The maximum absolute atomic E-state index is 14.7. The molecule has 0 saturated heterocycles. The molecule has 0 atom stereocenters. The molecular formula is C21H19FN4O. The molecule has 4 aromatic rings. The summed E-state index contributed by atoms with van der Waals surface area (Å²) in [5.41, 5.74) is 5.27. The van der Waals surface area contributed by atoms with E-state index in [1.807, 2.05) is 42.7 Å². The van der Waals surface area contributed by atoms with Crippen LogP contribution >= 0.6 is 0 Å². The van der Waals surface area contributed by atoms with Gasteiger partial charge in [0.2, 0.25) is 0 Å². The Balaban J connectivity index is 1.92. The first kappa shape index (κ1) is 17.1. The summed E-state index contributed by atoms with van der Waals surface area (Å²) >= 11 is 0. The number of benzene rings is 2. The first-order valence-corrected chi connectivity index (χ1v) is 8.74. The fourth-order valence-electron chi connectivity index (χ4n) is 3.35. The topological polar surface area (TPSA) is 52.8 Å². The highest BCUT2D eigenvalue weighted by molar-refractivity contribution is 5.90. The maximum atomic E-state index is 14.7. The Morgan fingerprint density at radius 2 is 1.96 bits per heavy atom. The van der Waals surface area contributed by atoms with Gasteiger partial charge in [-0.05, 0) is 37.1 Å². The maximum Gasteiger partial charge on any atom is 0.183 e. The normalized spacial score (nSPS) is 11.1. The number of hydrogen-bond acceptors (Lipinski definition) is 4. The van der Waals surface area contributed by atoms with Crippen molar-refractivity contribution in [1.82, 2.24) is 19.7 Å². The van der Waals surface area contributed by atoms with Crippen molar-refractivity contribution in [3.63, 3.8) is 0 Å². The van der Waals surface area contributed by atoms with E-state index in [4.69, 9.17) is 4.74 Å². The molecule has 6 heteroatoms. The van der Waals surface area contributed by atoms with Gasteiger partial charge in [-0.2, -0.15) is 5.10 Å². The molecular weight excluding hydrogens is 343 g/mol. The number of imidazole rings is 1. The number of aromatic nitrogens is 4. The monoisotopic (exact) mass is 362 g/mol.